The van der Waals surface area contributed by atoms with E-state index >= 15 is 0 Å². The number of nitrogens with zero attached hydrogens (tertiary/aromatic N) is 2. The number of hydrogen-bond donors (Lipinski definition) is 2. The molecule has 1 aliphatic rings. The van der Waals surface area contributed by atoms with Crippen molar-refractivity contribution in [1.29, 1.82) is 0 Å². The first-order valence-electron chi connectivity index (χ1n) is 8.06. The maximum atomic E-state index is 5.65. The highest BCUT2D eigenvalue weighted by atomic mass is 32.1. The third-order valence-corrected chi connectivity index (χ3v) is 4.70. The molecule has 126 valence electrons. The van der Waals surface area contributed by atoms with Crippen molar-refractivity contribution in [2.45, 2.75) is 12.1 Å². The Morgan fingerprint density at radius 2 is 1.92 bits per heavy atom. The molecular weight excluding hydrogens is 332 g/mol. The summed E-state index contributed by atoms with van der Waals surface area (Å²) >= 11 is 5.65. The molecule has 3 heterocycles. The third kappa shape index (κ3) is 2.85. The number of nitrogens with one attached hydrogen (secondary N) is 2. The molecule has 2 atom stereocenters. The van der Waals surface area contributed by atoms with Crippen molar-refractivity contribution < 1.29 is 4.74 Å². The second-order valence-corrected chi connectivity index (χ2v) is 6.21. The van der Waals surface area contributed by atoms with Crippen LogP contribution in [-0.4, -0.2) is 22.2 Å². The maximum absolute atomic E-state index is 5.65. The Morgan fingerprint density at radius 1 is 1.08 bits per heavy atom. The van der Waals surface area contributed by atoms with Gasteiger partial charge in [-0.1, -0.05) is 6.07 Å². The lowest BCUT2D eigenvalue weighted by atomic mass is 10.0. The van der Waals surface area contributed by atoms with Crippen molar-refractivity contribution in [3.63, 3.8) is 0 Å². The van der Waals surface area contributed by atoms with Crippen LogP contribution in [0.3, 0.4) is 0 Å². The highest BCUT2D eigenvalue weighted by Crippen LogP contribution is 2.40. The van der Waals surface area contributed by atoms with Gasteiger partial charge in [-0.3, -0.25) is 4.98 Å². The third-order valence-electron chi connectivity index (χ3n) is 4.39. The van der Waals surface area contributed by atoms with Crippen LogP contribution < -0.4 is 15.0 Å². The molecule has 0 saturated carbocycles. The average molecular weight is 350 g/mol. The lowest BCUT2D eigenvalue weighted by Gasteiger charge is -2.27. The summed E-state index contributed by atoms with van der Waals surface area (Å²) < 4.78 is 5.27. The number of anilines is 1. The predicted molar refractivity (Wildman–Crippen MR) is 102 cm³/mol. The van der Waals surface area contributed by atoms with Crippen LogP contribution in [0, 0.1) is 0 Å². The van der Waals surface area contributed by atoms with E-state index in [0.29, 0.717) is 5.11 Å². The Balaban J connectivity index is 1.77. The molecule has 2 aromatic heterocycles. The van der Waals surface area contributed by atoms with E-state index in [-0.39, 0.29) is 12.1 Å². The summed E-state index contributed by atoms with van der Waals surface area (Å²) in [7, 11) is 1.66. The fourth-order valence-corrected chi connectivity index (χ4v) is 3.57. The van der Waals surface area contributed by atoms with Crippen molar-refractivity contribution in [2.24, 2.45) is 0 Å². The number of aromatic nitrogens is 2. The molecule has 6 heteroatoms. The summed E-state index contributed by atoms with van der Waals surface area (Å²) in [5.74, 6) is 0.819. The van der Waals surface area contributed by atoms with Crippen LogP contribution in [0.5, 0.6) is 5.75 Å². The van der Waals surface area contributed by atoms with Gasteiger partial charge in [-0.05, 0) is 60.7 Å². The van der Waals surface area contributed by atoms with Gasteiger partial charge in [0.1, 0.15) is 11.8 Å². The highest BCUT2D eigenvalue weighted by Gasteiger charge is 2.41. The van der Waals surface area contributed by atoms with Crippen LogP contribution in [0.2, 0.25) is 0 Å². The van der Waals surface area contributed by atoms with Gasteiger partial charge in [0, 0.05) is 23.8 Å². The van der Waals surface area contributed by atoms with E-state index in [9.17, 15) is 0 Å². The number of rotatable bonds is 4. The SMILES string of the molecule is COc1ccc(N2C(=S)N[C@@H](c3ccccn3)[C@@H]2c2ccc[nH]2)cc1. The van der Waals surface area contributed by atoms with Gasteiger partial charge in [-0.15, -0.1) is 0 Å². The number of ether oxygens (including phenoxy) is 1. The van der Waals surface area contributed by atoms with Gasteiger partial charge in [0.2, 0.25) is 0 Å². The van der Waals surface area contributed by atoms with E-state index in [1.54, 1.807) is 7.11 Å². The molecule has 0 amide bonds. The smallest absolute Gasteiger partial charge is 0.174 e. The van der Waals surface area contributed by atoms with Crippen molar-refractivity contribution in [3.8, 4) is 5.75 Å². The molecule has 0 spiro atoms. The monoisotopic (exact) mass is 350 g/mol. The molecule has 1 aliphatic heterocycles. The van der Waals surface area contributed by atoms with Crippen LogP contribution in [0.1, 0.15) is 23.5 Å². The molecule has 0 unspecified atom stereocenters. The molecule has 3 aromatic rings. The molecule has 1 saturated heterocycles. The number of H-pyrrole nitrogens is 1. The van der Waals surface area contributed by atoms with Gasteiger partial charge in [0.15, 0.2) is 5.11 Å². The van der Waals surface area contributed by atoms with Crippen molar-refractivity contribution in [2.75, 3.05) is 12.0 Å². The van der Waals surface area contributed by atoms with Gasteiger partial charge in [-0.2, -0.15) is 0 Å². The minimum atomic E-state index is -0.0329. The molecule has 5 nitrogen and oxygen atoms in total. The molecule has 25 heavy (non-hydrogen) atoms. The fourth-order valence-electron chi connectivity index (χ4n) is 3.22. The Morgan fingerprint density at radius 3 is 2.56 bits per heavy atom. The van der Waals surface area contributed by atoms with Gasteiger partial charge in [-0.25, -0.2) is 0 Å². The summed E-state index contributed by atoms with van der Waals surface area (Å²) in [6.07, 6.45) is 3.74. The zero-order chi connectivity index (χ0) is 17.2. The second kappa shape index (κ2) is 6.57. The minimum Gasteiger partial charge on any atom is -0.497 e. The summed E-state index contributed by atoms with van der Waals surface area (Å²) in [6.45, 7) is 0. The number of thiocarbonyl (C=S) groups is 1. The predicted octanol–water partition coefficient (Wildman–Crippen LogP) is 3.60. The van der Waals surface area contributed by atoms with E-state index in [1.165, 1.54) is 0 Å². The zero-order valence-electron chi connectivity index (χ0n) is 13.7. The van der Waals surface area contributed by atoms with Gasteiger partial charge < -0.3 is 19.9 Å². The summed E-state index contributed by atoms with van der Waals surface area (Å²) in [6, 6.07) is 17.9. The average Bonchev–Trinajstić information content (AvgIpc) is 3.30. The Bertz CT molecular complexity index is 849. The first-order valence-corrected chi connectivity index (χ1v) is 8.47. The molecule has 2 N–H and O–H groups in total. The normalized spacial score (nSPS) is 19.7. The van der Waals surface area contributed by atoms with Gasteiger partial charge >= 0.3 is 0 Å². The van der Waals surface area contributed by atoms with Crippen LogP contribution in [0.25, 0.3) is 0 Å². The summed E-state index contributed by atoms with van der Waals surface area (Å²) in [4.78, 5) is 9.98. The fraction of sp³-hybridized carbons (Fsp3) is 0.158. The summed E-state index contributed by atoms with van der Waals surface area (Å²) in [5, 5.41) is 4.11. The second-order valence-electron chi connectivity index (χ2n) is 5.82. The summed E-state index contributed by atoms with van der Waals surface area (Å²) in [5.41, 5.74) is 3.05. The molecule has 0 aliphatic carbocycles. The van der Waals surface area contributed by atoms with E-state index < -0.39 is 0 Å². The standard InChI is InChI=1S/C19H18N4OS/c1-24-14-9-7-13(8-10-14)23-18(16-6-4-12-21-16)17(22-19(23)25)15-5-2-3-11-20-15/h2-12,17-18,21H,1H3,(H,22,25)/t17-,18-/m0/s1. The number of hydrogen-bond acceptors (Lipinski definition) is 3. The van der Waals surface area contributed by atoms with Crippen molar-refractivity contribution in [3.05, 3.63) is 78.4 Å². The molecular formula is C19H18N4OS. The molecule has 1 aromatic carbocycles. The van der Waals surface area contributed by atoms with E-state index in [1.807, 2.05) is 60.9 Å². The molecule has 1 fully saturated rings. The zero-order valence-corrected chi connectivity index (χ0v) is 14.5. The molecule has 4 rings (SSSR count). The van der Waals surface area contributed by atoms with Crippen LogP contribution in [0.15, 0.2) is 67.0 Å². The quantitative estimate of drug-likeness (QED) is 0.704. The first-order chi connectivity index (χ1) is 12.3. The maximum Gasteiger partial charge on any atom is 0.174 e. The van der Waals surface area contributed by atoms with E-state index in [0.717, 1.165) is 22.8 Å². The molecule has 0 radical (unpaired) electrons. The Hall–Kier alpha value is -2.86. The lowest BCUT2D eigenvalue weighted by Crippen LogP contribution is -2.29. The lowest BCUT2D eigenvalue weighted by molar-refractivity contribution is 0.415. The van der Waals surface area contributed by atoms with E-state index in [4.69, 9.17) is 17.0 Å². The van der Waals surface area contributed by atoms with Gasteiger partial charge in [0.05, 0.1) is 18.8 Å². The number of pyridine rings is 1. The number of benzene rings is 1. The largest absolute Gasteiger partial charge is 0.497 e. The van der Waals surface area contributed by atoms with Crippen LogP contribution in [0.4, 0.5) is 5.69 Å². The first kappa shape index (κ1) is 15.7. The Kier molecular flexibility index (Phi) is 4.11. The van der Waals surface area contributed by atoms with E-state index in [2.05, 4.69) is 26.3 Å². The Labute approximate surface area is 151 Å². The number of methoxy groups -OCH3 is 1. The molecule has 0 bridgehead atoms. The highest BCUT2D eigenvalue weighted by molar-refractivity contribution is 7.80. The van der Waals surface area contributed by atoms with Crippen molar-refractivity contribution in [1.82, 2.24) is 15.3 Å². The topological polar surface area (TPSA) is 53.2 Å². The van der Waals surface area contributed by atoms with Gasteiger partial charge in [0.25, 0.3) is 0 Å². The van der Waals surface area contributed by atoms with Crippen LogP contribution >= 0.6 is 12.2 Å². The van der Waals surface area contributed by atoms with Crippen molar-refractivity contribution >= 4 is 23.0 Å². The number of aromatic amines is 1. The van der Waals surface area contributed by atoms with Crippen LogP contribution in [-0.2, 0) is 0 Å². The minimum absolute atomic E-state index is 0.00852.